The maximum atomic E-state index is 6.26. The SMILES string of the molecule is CC1OCc2c1c1ncnc(N)c1n2-c1ccc(Oc2cccc(OCc3ccccn3)c2)cc1. The molecule has 0 aliphatic carbocycles. The van der Waals surface area contributed by atoms with Gasteiger partial charge in [0.2, 0.25) is 0 Å². The van der Waals surface area contributed by atoms with Crippen molar-refractivity contribution in [3.05, 3.63) is 96.2 Å². The van der Waals surface area contributed by atoms with Crippen LogP contribution in [0.2, 0.25) is 0 Å². The van der Waals surface area contributed by atoms with Crippen LogP contribution in [0, 0.1) is 0 Å². The molecule has 1 aliphatic heterocycles. The van der Waals surface area contributed by atoms with Crippen LogP contribution in [0.4, 0.5) is 5.82 Å². The number of hydrogen-bond acceptors (Lipinski definition) is 7. The molecule has 0 spiro atoms. The van der Waals surface area contributed by atoms with Crippen molar-refractivity contribution in [1.29, 1.82) is 0 Å². The first-order valence-electron chi connectivity index (χ1n) is 11.3. The molecule has 0 saturated carbocycles. The van der Waals surface area contributed by atoms with E-state index in [2.05, 4.69) is 19.5 Å². The summed E-state index contributed by atoms with van der Waals surface area (Å²) in [7, 11) is 0. The minimum atomic E-state index is -0.0437. The number of aromatic nitrogens is 4. The maximum Gasteiger partial charge on any atom is 0.151 e. The number of anilines is 1. The molecule has 3 aromatic heterocycles. The first-order valence-corrected chi connectivity index (χ1v) is 11.3. The number of rotatable bonds is 6. The Balaban J connectivity index is 1.24. The Morgan fingerprint density at radius 3 is 2.66 bits per heavy atom. The van der Waals surface area contributed by atoms with Gasteiger partial charge >= 0.3 is 0 Å². The summed E-state index contributed by atoms with van der Waals surface area (Å²) < 4.78 is 19.9. The fourth-order valence-electron chi connectivity index (χ4n) is 4.41. The van der Waals surface area contributed by atoms with Crippen molar-refractivity contribution in [2.45, 2.75) is 26.2 Å². The zero-order chi connectivity index (χ0) is 23.8. The van der Waals surface area contributed by atoms with E-state index in [1.54, 1.807) is 6.20 Å². The van der Waals surface area contributed by atoms with Gasteiger partial charge in [-0.25, -0.2) is 9.97 Å². The van der Waals surface area contributed by atoms with Crippen LogP contribution in [0.5, 0.6) is 17.2 Å². The van der Waals surface area contributed by atoms with Crippen molar-refractivity contribution in [3.8, 4) is 22.9 Å². The summed E-state index contributed by atoms with van der Waals surface area (Å²) in [5.74, 6) is 2.55. The Labute approximate surface area is 201 Å². The molecule has 0 saturated heterocycles. The molecule has 8 heteroatoms. The summed E-state index contributed by atoms with van der Waals surface area (Å²) in [6.07, 6.45) is 3.21. The maximum absolute atomic E-state index is 6.26. The fourth-order valence-corrected chi connectivity index (χ4v) is 4.41. The topological polar surface area (TPSA) is 97.3 Å². The third kappa shape index (κ3) is 3.94. The fraction of sp³-hybridized carbons (Fsp3) is 0.148. The predicted octanol–water partition coefficient (Wildman–Crippen LogP) is 5.36. The first kappa shape index (κ1) is 21.1. The van der Waals surface area contributed by atoms with Crippen LogP contribution in [-0.4, -0.2) is 19.5 Å². The minimum Gasteiger partial charge on any atom is -0.487 e. The number of benzene rings is 2. The van der Waals surface area contributed by atoms with Crippen LogP contribution in [0.3, 0.4) is 0 Å². The van der Waals surface area contributed by atoms with E-state index in [-0.39, 0.29) is 6.10 Å². The zero-order valence-electron chi connectivity index (χ0n) is 19.1. The van der Waals surface area contributed by atoms with Crippen molar-refractivity contribution < 1.29 is 14.2 Å². The summed E-state index contributed by atoms with van der Waals surface area (Å²) in [6, 6.07) is 21.1. The second kappa shape index (κ2) is 8.73. The monoisotopic (exact) mass is 465 g/mol. The van der Waals surface area contributed by atoms with Crippen molar-refractivity contribution in [2.24, 2.45) is 0 Å². The lowest BCUT2D eigenvalue weighted by molar-refractivity contribution is 0.0783. The van der Waals surface area contributed by atoms with Gasteiger partial charge in [-0.2, -0.15) is 0 Å². The van der Waals surface area contributed by atoms with Gasteiger partial charge in [0.1, 0.15) is 41.2 Å². The lowest BCUT2D eigenvalue weighted by Gasteiger charge is -2.12. The van der Waals surface area contributed by atoms with E-state index in [1.165, 1.54) is 6.33 Å². The normalized spacial score (nSPS) is 14.7. The van der Waals surface area contributed by atoms with Crippen molar-refractivity contribution in [3.63, 3.8) is 0 Å². The molecule has 5 aromatic rings. The van der Waals surface area contributed by atoms with Gasteiger partial charge < -0.3 is 24.5 Å². The Bertz CT molecular complexity index is 1500. The van der Waals surface area contributed by atoms with Crippen LogP contribution in [0.1, 0.15) is 30.0 Å². The quantitative estimate of drug-likeness (QED) is 0.360. The first-order chi connectivity index (χ1) is 17.2. The third-order valence-corrected chi connectivity index (χ3v) is 6.04. The molecular weight excluding hydrogens is 442 g/mol. The van der Waals surface area contributed by atoms with Gasteiger partial charge in [0, 0.05) is 23.5 Å². The lowest BCUT2D eigenvalue weighted by Crippen LogP contribution is -2.03. The largest absolute Gasteiger partial charge is 0.487 e. The van der Waals surface area contributed by atoms with Crippen LogP contribution < -0.4 is 15.2 Å². The number of ether oxygens (including phenoxy) is 3. The Hall–Kier alpha value is -4.43. The molecule has 6 rings (SSSR count). The molecule has 2 N–H and O–H groups in total. The molecule has 174 valence electrons. The van der Waals surface area contributed by atoms with Gasteiger partial charge in [-0.15, -0.1) is 0 Å². The van der Waals surface area contributed by atoms with E-state index >= 15 is 0 Å². The summed E-state index contributed by atoms with van der Waals surface area (Å²) in [5.41, 5.74) is 11.8. The van der Waals surface area contributed by atoms with Crippen LogP contribution >= 0.6 is 0 Å². The molecule has 0 bridgehead atoms. The second-order valence-corrected chi connectivity index (χ2v) is 8.29. The minimum absolute atomic E-state index is 0.0437. The third-order valence-electron chi connectivity index (χ3n) is 6.04. The average Bonchev–Trinajstić information content (AvgIpc) is 3.43. The molecule has 2 aromatic carbocycles. The zero-order valence-corrected chi connectivity index (χ0v) is 19.1. The highest BCUT2D eigenvalue weighted by Gasteiger charge is 2.30. The Morgan fingerprint density at radius 2 is 1.83 bits per heavy atom. The van der Waals surface area contributed by atoms with Crippen molar-refractivity contribution in [2.75, 3.05) is 5.73 Å². The van der Waals surface area contributed by atoms with Crippen LogP contribution in [-0.2, 0) is 18.0 Å². The smallest absolute Gasteiger partial charge is 0.151 e. The number of nitrogen functional groups attached to an aromatic ring is 1. The highest BCUT2D eigenvalue weighted by molar-refractivity contribution is 5.91. The summed E-state index contributed by atoms with van der Waals surface area (Å²) in [5, 5.41) is 0. The molecule has 8 nitrogen and oxygen atoms in total. The van der Waals surface area contributed by atoms with Gasteiger partial charge in [-0.1, -0.05) is 12.1 Å². The molecule has 0 fully saturated rings. The molecule has 1 unspecified atom stereocenters. The van der Waals surface area contributed by atoms with Crippen molar-refractivity contribution >= 4 is 16.9 Å². The summed E-state index contributed by atoms with van der Waals surface area (Å²) in [6.45, 7) is 2.91. The number of fused-ring (bicyclic) bond motifs is 3. The number of hydrogen-bond donors (Lipinski definition) is 1. The Morgan fingerprint density at radius 1 is 0.971 bits per heavy atom. The number of nitrogens with zero attached hydrogens (tertiary/aromatic N) is 4. The highest BCUT2D eigenvalue weighted by Crippen LogP contribution is 2.41. The van der Waals surface area contributed by atoms with Gasteiger partial charge in [0.15, 0.2) is 5.82 Å². The number of pyridine rings is 1. The van der Waals surface area contributed by atoms with Gasteiger partial charge in [-0.05, 0) is 55.5 Å². The van der Waals surface area contributed by atoms with E-state index in [0.717, 1.165) is 33.7 Å². The summed E-state index contributed by atoms with van der Waals surface area (Å²) in [4.78, 5) is 13.0. The Kier molecular flexibility index (Phi) is 5.27. The summed E-state index contributed by atoms with van der Waals surface area (Å²) >= 11 is 0. The van der Waals surface area contributed by atoms with Gasteiger partial charge in [0.05, 0.1) is 24.1 Å². The molecule has 1 aliphatic rings. The molecule has 0 radical (unpaired) electrons. The highest BCUT2D eigenvalue weighted by atomic mass is 16.5. The molecule has 35 heavy (non-hydrogen) atoms. The standard InChI is InChI=1S/C27H23N5O3/c1-17-24-23(15-33-17)32(26-25(24)30-16-31-27(26)28)19-8-10-20(11-9-19)35-22-7-4-6-21(13-22)34-14-18-5-2-3-12-29-18/h2-13,16-17H,14-15H2,1H3,(H2,28,30,31). The van der Waals surface area contributed by atoms with Crippen molar-refractivity contribution in [1.82, 2.24) is 19.5 Å². The van der Waals surface area contributed by atoms with E-state index in [1.807, 2.05) is 73.7 Å². The predicted molar refractivity (Wildman–Crippen MR) is 132 cm³/mol. The van der Waals surface area contributed by atoms with E-state index in [0.29, 0.717) is 36.3 Å². The van der Waals surface area contributed by atoms with E-state index in [9.17, 15) is 0 Å². The van der Waals surface area contributed by atoms with E-state index in [4.69, 9.17) is 19.9 Å². The molecule has 4 heterocycles. The molecular formula is C27H23N5O3. The average molecular weight is 466 g/mol. The van der Waals surface area contributed by atoms with Crippen LogP contribution in [0.25, 0.3) is 16.7 Å². The molecule has 0 amide bonds. The van der Waals surface area contributed by atoms with E-state index < -0.39 is 0 Å². The van der Waals surface area contributed by atoms with Gasteiger partial charge in [0.25, 0.3) is 0 Å². The second-order valence-electron chi connectivity index (χ2n) is 8.29. The molecule has 1 atom stereocenters. The van der Waals surface area contributed by atoms with Gasteiger partial charge in [-0.3, -0.25) is 4.98 Å². The lowest BCUT2D eigenvalue weighted by atomic mass is 10.1. The van der Waals surface area contributed by atoms with Crippen LogP contribution in [0.15, 0.2) is 79.3 Å². The number of nitrogens with two attached hydrogens (primary N) is 1.